The lowest BCUT2D eigenvalue weighted by Crippen LogP contribution is -2.35. The molecule has 9 heteroatoms. The molecule has 3 N–H and O–H groups in total. The first-order valence-corrected chi connectivity index (χ1v) is 9.89. The Bertz CT molecular complexity index is 900. The number of anilines is 1. The first-order chi connectivity index (χ1) is 12.7. The molecule has 3 heterocycles. The van der Waals surface area contributed by atoms with Crippen molar-refractivity contribution in [1.29, 1.82) is 0 Å². The summed E-state index contributed by atoms with van der Waals surface area (Å²) in [6.07, 6.45) is 3.35. The highest BCUT2D eigenvalue weighted by atomic mass is 127. The fourth-order valence-electron chi connectivity index (χ4n) is 3.29. The molecule has 1 unspecified atom stereocenters. The fourth-order valence-corrected chi connectivity index (χ4v) is 4.51. The molecule has 2 aromatic heterocycles. The van der Waals surface area contributed by atoms with Gasteiger partial charge in [0.25, 0.3) is 0 Å². The molecule has 0 saturated carbocycles. The van der Waals surface area contributed by atoms with E-state index < -0.39 is 0 Å². The second-order valence-corrected chi connectivity index (χ2v) is 7.72. The van der Waals surface area contributed by atoms with Crippen LogP contribution in [-0.4, -0.2) is 39.9 Å². The maximum atomic E-state index is 6.33. The Morgan fingerprint density at radius 2 is 2.31 bits per heavy atom. The molecule has 0 radical (unpaired) electrons. The van der Waals surface area contributed by atoms with Gasteiger partial charge in [-0.15, -0.1) is 5.10 Å². The van der Waals surface area contributed by atoms with E-state index >= 15 is 0 Å². The molecule has 136 valence electrons. The summed E-state index contributed by atoms with van der Waals surface area (Å²) in [5.41, 5.74) is 8.32. The van der Waals surface area contributed by atoms with Gasteiger partial charge in [-0.05, 0) is 53.8 Å². The molecule has 4 rings (SSSR count). The predicted molar refractivity (Wildman–Crippen MR) is 110 cm³/mol. The third-order valence-corrected chi connectivity index (χ3v) is 5.46. The number of nitrogens with two attached hydrogens (primary N) is 1. The smallest absolute Gasteiger partial charge is 0.205 e. The van der Waals surface area contributed by atoms with Gasteiger partial charge in [0, 0.05) is 23.6 Å². The Hall–Kier alpha value is -1.65. The van der Waals surface area contributed by atoms with Crippen molar-refractivity contribution in [1.82, 2.24) is 20.2 Å². The summed E-state index contributed by atoms with van der Waals surface area (Å²) in [6.45, 7) is 2.03. The molecule has 7 nitrogen and oxygen atoms in total. The van der Waals surface area contributed by atoms with E-state index in [1.54, 1.807) is 6.20 Å². The first-order valence-electron chi connectivity index (χ1n) is 8.43. The topological polar surface area (TPSA) is 93.0 Å². The number of rotatable bonds is 5. The molecule has 0 fully saturated rings. The first kappa shape index (κ1) is 17.7. The summed E-state index contributed by atoms with van der Waals surface area (Å²) in [6, 6.07) is 5.88. The van der Waals surface area contributed by atoms with Crippen molar-refractivity contribution in [2.24, 2.45) is 5.73 Å². The second kappa shape index (κ2) is 7.53. The summed E-state index contributed by atoms with van der Waals surface area (Å²) < 4.78 is 6.94. The minimum absolute atomic E-state index is 0.103. The molecule has 1 aliphatic heterocycles. The lowest BCUT2D eigenvalue weighted by molar-refractivity contribution is 0.261. The number of aromatic nitrogens is 4. The average Bonchev–Trinajstić information content (AvgIpc) is 3.06. The molecule has 1 aliphatic rings. The van der Waals surface area contributed by atoms with Crippen molar-refractivity contribution in [3.05, 3.63) is 38.6 Å². The van der Waals surface area contributed by atoms with E-state index in [1.165, 1.54) is 0 Å². The van der Waals surface area contributed by atoms with Crippen LogP contribution in [0.2, 0.25) is 5.02 Å². The van der Waals surface area contributed by atoms with Gasteiger partial charge in [-0.3, -0.25) is 0 Å². The molecule has 0 aliphatic carbocycles. The number of nitrogens with zero attached hydrogens (tertiary/aromatic N) is 4. The number of aromatic amines is 1. The van der Waals surface area contributed by atoms with Crippen molar-refractivity contribution in [3.8, 4) is 5.75 Å². The quantitative estimate of drug-likeness (QED) is 0.540. The van der Waals surface area contributed by atoms with Crippen LogP contribution in [0.4, 0.5) is 5.95 Å². The molecule has 1 atom stereocenters. The van der Waals surface area contributed by atoms with Gasteiger partial charge in [-0.2, -0.15) is 10.1 Å². The molecule has 0 amide bonds. The van der Waals surface area contributed by atoms with E-state index in [9.17, 15) is 0 Å². The largest absolute Gasteiger partial charge is 0.492 e. The Balaban J connectivity index is 1.78. The zero-order chi connectivity index (χ0) is 18.1. The standard InChI is InChI=1S/C17H18ClIN6O/c18-10-8-11-14(3-7-26-15(11)12(19)9-10)25(6-1-4-20)17-22-13-2-5-21-24-16(13)23-17/h2,5,8-9,14H,1,3-4,6-7,20H2,(H,22,23,24). The van der Waals surface area contributed by atoms with Crippen molar-refractivity contribution in [3.63, 3.8) is 0 Å². The van der Waals surface area contributed by atoms with Crippen molar-refractivity contribution in [2.75, 3.05) is 24.6 Å². The van der Waals surface area contributed by atoms with Crippen LogP contribution in [0.25, 0.3) is 11.2 Å². The van der Waals surface area contributed by atoms with Gasteiger partial charge in [0.2, 0.25) is 11.6 Å². The minimum atomic E-state index is 0.103. The summed E-state index contributed by atoms with van der Waals surface area (Å²) in [5.74, 6) is 1.67. The molecule has 1 aromatic carbocycles. The molecule has 26 heavy (non-hydrogen) atoms. The van der Waals surface area contributed by atoms with E-state index in [4.69, 9.17) is 22.1 Å². The van der Waals surface area contributed by atoms with Gasteiger partial charge in [0.15, 0.2) is 0 Å². The van der Waals surface area contributed by atoms with Crippen LogP contribution in [0.15, 0.2) is 24.4 Å². The zero-order valence-corrected chi connectivity index (χ0v) is 16.9. The SMILES string of the molecule is NCCCN(c1nc2nnccc2[nH]1)C1CCOc2c(I)cc(Cl)cc21. The third kappa shape index (κ3) is 3.33. The average molecular weight is 485 g/mol. The fraction of sp³-hybridized carbons (Fsp3) is 0.353. The third-order valence-electron chi connectivity index (χ3n) is 4.44. The number of hydrogen-bond donors (Lipinski definition) is 2. The Morgan fingerprint density at radius 1 is 1.42 bits per heavy atom. The van der Waals surface area contributed by atoms with E-state index in [2.05, 4.69) is 47.7 Å². The van der Waals surface area contributed by atoms with Gasteiger partial charge in [0.05, 0.1) is 27.9 Å². The van der Waals surface area contributed by atoms with E-state index in [-0.39, 0.29) is 6.04 Å². The summed E-state index contributed by atoms with van der Waals surface area (Å²) >= 11 is 8.59. The van der Waals surface area contributed by atoms with Crippen LogP contribution in [0, 0.1) is 3.57 Å². The van der Waals surface area contributed by atoms with Gasteiger partial charge < -0.3 is 20.4 Å². The van der Waals surface area contributed by atoms with Crippen molar-refractivity contribution >= 4 is 51.3 Å². The molecule has 0 saturated heterocycles. The van der Waals surface area contributed by atoms with Gasteiger partial charge in [-0.1, -0.05) is 11.6 Å². The van der Waals surface area contributed by atoms with E-state index in [0.29, 0.717) is 23.8 Å². The van der Waals surface area contributed by atoms with Crippen LogP contribution < -0.4 is 15.4 Å². The lowest BCUT2D eigenvalue weighted by Gasteiger charge is -2.36. The maximum Gasteiger partial charge on any atom is 0.205 e. The van der Waals surface area contributed by atoms with E-state index in [0.717, 1.165) is 45.7 Å². The molecule has 3 aromatic rings. The van der Waals surface area contributed by atoms with Crippen LogP contribution in [0.3, 0.4) is 0 Å². The van der Waals surface area contributed by atoms with Gasteiger partial charge in [0.1, 0.15) is 5.75 Å². The number of ether oxygens (including phenoxy) is 1. The normalized spacial score (nSPS) is 16.3. The maximum absolute atomic E-state index is 6.33. The van der Waals surface area contributed by atoms with Gasteiger partial charge in [-0.25, -0.2) is 0 Å². The summed E-state index contributed by atoms with van der Waals surface area (Å²) in [4.78, 5) is 10.2. The predicted octanol–water partition coefficient (Wildman–Crippen LogP) is 3.29. The number of benzene rings is 1. The Kier molecular flexibility index (Phi) is 5.14. The number of H-pyrrole nitrogens is 1. The molecular weight excluding hydrogens is 467 g/mol. The number of imidazole rings is 1. The highest BCUT2D eigenvalue weighted by molar-refractivity contribution is 14.1. The number of hydrogen-bond acceptors (Lipinski definition) is 6. The zero-order valence-electron chi connectivity index (χ0n) is 14.0. The van der Waals surface area contributed by atoms with Gasteiger partial charge >= 0.3 is 0 Å². The van der Waals surface area contributed by atoms with Crippen molar-refractivity contribution < 1.29 is 4.74 Å². The van der Waals surface area contributed by atoms with Crippen LogP contribution >= 0.6 is 34.2 Å². The number of fused-ring (bicyclic) bond motifs is 2. The van der Waals surface area contributed by atoms with Crippen LogP contribution in [-0.2, 0) is 0 Å². The second-order valence-electron chi connectivity index (χ2n) is 6.12. The van der Waals surface area contributed by atoms with Crippen LogP contribution in [0.1, 0.15) is 24.4 Å². The summed E-state index contributed by atoms with van der Waals surface area (Å²) in [7, 11) is 0. The highest BCUT2D eigenvalue weighted by Crippen LogP contribution is 2.42. The van der Waals surface area contributed by atoms with Crippen LogP contribution in [0.5, 0.6) is 5.75 Å². The minimum Gasteiger partial charge on any atom is -0.492 e. The molecule has 0 bridgehead atoms. The number of nitrogens with one attached hydrogen (secondary N) is 1. The summed E-state index contributed by atoms with van der Waals surface area (Å²) in [5, 5.41) is 8.71. The Labute approximate surface area is 169 Å². The lowest BCUT2D eigenvalue weighted by atomic mass is 9.99. The highest BCUT2D eigenvalue weighted by Gasteiger charge is 2.30. The van der Waals surface area contributed by atoms with E-state index in [1.807, 2.05) is 18.2 Å². The Morgan fingerprint density at radius 3 is 3.12 bits per heavy atom. The van der Waals surface area contributed by atoms with Crippen molar-refractivity contribution in [2.45, 2.75) is 18.9 Å². The number of halogens is 2. The monoisotopic (exact) mass is 484 g/mol. The molecule has 0 spiro atoms. The molecular formula is C17H18ClIN6O.